The van der Waals surface area contributed by atoms with Crippen molar-refractivity contribution < 1.29 is 0 Å². The molecule has 2 N–H and O–H groups in total. The standard InChI is InChI=1S/C13H21BrN2S/c1-10(9-17-3)16(2)12-5-4-11(6-7-15)13(14)8-12/h4-5,8,10H,6-7,9,15H2,1-3H3. The van der Waals surface area contributed by atoms with Crippen LogP contribution in [0.1, 0.15) is 12.5 Å². The predicted molar refractivity (Wildman–Crippen MR) is 83.1 cm³/mol. The largest absolute Gasteiger partial charge is 0.371 e. The van der Waals surface area contributed by atoms with E-state index in [9.17, 15) is 0 Å². The molecule has 0 fully saturated rings. The van der Waals surface area contributed by atoms with Crippen LogP contribution < -0.4 is 10.6 Å². The van der Waals surface area contributed by atoms with E-state index in [0.717, 1.165) is 16.6 Å². The molecule has 96 valence electrons. The van der Waals surface area contributed by atoms with Gasteiger partial charge in [-0.1, -0.05) is 22.0 Å². The molecule has 0 aliphatic heterocycles. The molecule has 0 saturated heterocycles. The van der Waals surface area contributed by atoms with Gasteiger partial charge < -0.3 is 10.6 Å². The molecule has 1 aromatic rings. The number of thioether (sulfide) groups is 1. The Kier molecular flexibility index (Phi) is 6.38. The minimum absolute atomic E-state index is 0.539. The monoisotopic (exact) mass is 316 g/mol. The summed E-state index contributed by atoms with van der Waals surface area (Å²) in [6.07, 6.45) is 3.07. The number of nitrogens with two attached hydrogens (primary N) is 1. The lowest BCUT2D eigenvalue weighted by Crippen LogP contribution is -2.30. The molecule has 0 aromatic heterocycles. The van der Waals surface area contributed by atoms with Crippen LogP contribution in [0.25, 0.3) is 0 Å². The molecular weight excluding hydrogens is 296 g/mol. The van der Waals surface area contributed by atoms with Crippen LogP contribution >= 0.6 is 27.7 Å². The number of benzene rings is 1. The minimum atomic E-state index is 0.539. The highest BCUT2D eigenvalue weighted by molar-refractivity contribution is 9.10. The summed E-state index contributed by atoms with van der Waals surface area (Å²) in [4.78, 5) is 2.31. The third-order valence-electron chi connectivity index (χ3n) is 2.93. The third-order valence-corrected chi connectivity index (χ3v) is 4.48. The second-order valence-corrected chi connectivity index (χ2v) is 5.99. The van der Waals surface area contributed by atoms with Gasteiger partial charge in [0, 0.05) is 29.0 Å². The Bertz CT molecular complexity index is 357. The summed E-state index contributed by atoms with van der Waals surface area (Å²) in [6, 6.07) is 7.06. The number of hydrogen-bond donors (Lipinski definition) is 1. The molecule has 1 unspecified atom stereocenters. The van der Waals surface area contributed by atoms with Gasteiger partial charge in [0.15, 0.2) is 0 Å². The fourth-order valence-electron chi connectivity index (χ4n) is 1.72. The molecule has 0 saturated carbocycles. The van der Waals surface area contributed by atoms with E-state index in [4.69, 9.17) is 5.73 Å². The molecule has 0 bridgehead atoms. The zero-order valence-corrected chi connectivity index (χ0v) is 13.1. The Balaban J connectivity index is 2.81. The normalized spacial score (nSPS) is 12.5. The lowest BCUT2D eigenvalue weighted by molar-refractivity contribution is 0.765. The van der Waals surface area contributed by atoms with Crippen LogP contribution in [0.5, 0.6) is 0 Å². The van der Waals surface area contributed by atoms with Crippen LogP contribution in [0, 0.1) is 0 Å². The number of anilines is 1. The van der Waals surface area contributed by atoms with E-state index in [1.807, 2.05) is 11.8 Å². The molecule has 0 heterocycles. The third kappa shape index (κ3) is 4.19. The van der Waals surface area contributed by atoms with Crippen molar-refractivity contribution >= 4 is 33.4 Å². The van der Waals surface area contributed by atoms with Crippen molar-refractivity contribution in [2.24, 2.45) is 5.73 Å². The van der Waals surface area contributed by atoms with E-state index in [1.54, 1.807) is 0 Å². The second kappa shape index (κ2) is 7.29. The first-order valence-corrected chi connectivity index (χ1v) is 7.99. The van der Waals surface area contributed by atoms with Crippen molar-refractivity contribution in [2.45, 2.75) is 19.4 Å². The maximum atomic E-state index is 5.58. The van der Waals surface area contributed by atoms with Gasteiger partial charge in [-0.05, 0) is 43.8 Å². The van der Waals surface area contributed by atoms with E-state index in [0.29, 0.717) is 12.6 Å². The van der Waals surface area contributed by atoms with Gasteiger partial charge in [0.05, 0.1) is 0 Å². The lowest BCUT2D eigenvalue weighted by atomic mass is 10.1. The average Bonchev–Trinajstić information content (AvgIpc) is 2.31. The summed E-state index contributed by atoms with van der Waals surface area (Å²) < 4.78 is 1.16. The van der Waals surface area contributed by atoms with Crippen LogP contribution in [-0.2, 0) is 6.42 Å². The zero-order valence-electron chi connectivity index (χ0n) is 10.7. The molecule has 0 aliphatic rings. The fourth-order valence-corrected chi connectivity index (χ4v) is 2.99. The van der Waals surface area contributed by atoms with Gasteiger partial charge in [0.2, 0.25) is 0 Å². The molecule has 17 heavy (non-hydrogen) atoms. The summed E-state index contributed by atoms with van der Waals surface area (Å²) in [5.74, 6) is 1.14. The molecular formula is C13H21BrN2S. The Labute approximate surface area is 117 Å². The minimum Gasteiger partial charge on any atom is -0.371 e. The van der Waals surface area contributed by atoms with E-state index in [-0.39, 0.29) is 0 Å². The van der Waals surface area contributed by atoms with Crippen molar-refractivity contribution in [2.75, 3.05) is 30.5 Å². The molecule has 0 spiro atoms. The summed E-state index contributed by atoms with van der Waals surface area (Å²) in [5, 5.41) is 0. The highest BCUT2D eigenvalue weighted by atomic mass is 79.9. The number of halogens is 1. The molecule has 1 rings (SSSR count). The Morgan fingerprint density at radius 3 is 2.71 bits per heavy atom. The summed E-state index contributed by atoms with van der Waals surface area (Å²) in [7, 11) is 2.14. The van der Waals surface area contributed by atoms with Gasteiger partial charge in [-0.3, -0.25) is 0 Å². The lowest BCUT2D eigenvalue weighted by Gasteiger charge is -2.27. The fraction of sp³-hybridized carbons (Fsp3) is 0.538. The smallest absolute Gasteiger partial charge is 0.0377 e. The van der Waals surface area contributed by atoms with Crippen LogP contribution in [0.4, 0.5) is 5.69 Å². The second-order valence-electron chi connectivity index (χ2n) is 4.23. The van der Waals surface area contributed by atoms with Crippen molar-refractivity contribution in [3.63, 3.8) is 0 Å². The summed E-state index contributed by atoms with van der Waals surface area (Å²) >= 11 is 5.50. The van der Waals surface area contributed by atoms with Crippen molar-refractivity contribution in [1.29, 1.82) is 0 Å². The Hall–Kier alpha value is -0.190. The topological polar surface area (TPSA) is 29.3 Å². The quantitative estimate of drug-likeness (QED) is 0.874. The SMILES string of the molecule is CSCC(C)N(C)c1ccc(CCN)c(Br)c1. The molecule has 1 atom stereocenters. The van der Waals surface area contributed by atoms with Crippen LogP contribution in [0.15, 0.2) is 22.7 Å². The predicted octanol–water partition coefficient (Wildman–Crippen LogP) is 3.14. The number of rotatable bonds is 6. The van der Waals surface area contributed by atoms with Crippen molar-refractivity contribution in [3.05, 3.63) is 28.2 Å². The van der Waals surface area contributed by atoms with Gasteiger partial charge in [0.1, 0.15) is 0 Å². The molecule has 2 nitrogen and oxygen atoms in total. The van der Waals surface area contributed by atoms with E-state index in [1.165, 1.54) is 11.3 Å². The van der Waals surface area contributed by atoms with Crippen LogP contribution in [0.3, 0.4) is 0 Å². The van der Waals surface area contributed by atoms with Crippen molar-refractivity contribution in [3.8, 4) is 0 Å². The van der Waals surface area contributed by atoms with Gasteiger partial charge >= 0.3 is 0 Å². The zero-order chi connectivity index (χ0) is 12.8. The average molecular weight is 317 g/mol. The van der Waals surface area contributed by atoms with Gasteiger partial charge in [0.25, 0.3) is 0 Å². The first kappa shape index (κ1) is 14.9. The first-order chi connectivity index (χ1) is 8.10. The van der Waals surface area contributed by atoms with Crippen LogP contribution in [-0.4, -0.2) is 31.6 Å². The van der Waals surface area contributed by atoms with E-state index >= 15 is 0 Å². The maximum absolute atomic E-state index is 5.58. The molecule has 0 amide bonds. The first-order valence-electron chi connectivity index (χ1n) is 5.80. The summed E-state index contributed by atoms with van der Waals surface area (Å²) in [5.41, 5.74) is 8.11. The highest BCUT2D eigenvalue weighted by Gasteiger charge is 2.10. The Morgan fingerprint density at radius 1 is 1.47 bits per heavy atom. The van der Waals surface area contributed by atoms with E-state index in [2.05, 4.69) is 59.3 Å². The van der Waals surface area contributed by atoms with Crippen molar-refractivity contribution in [1.82, 2.24) is 0 Å². The highest BCUT2D eigenvalue weighted by Crippen LogP contribution is 2.25. The molecule has 1 aromatic carbocycles. The van der Waals surface area contributed by atoms with Crippen LogP contribution in [0.2, 0.25) is 0 Å². The summed E-state index contributed by atoms with van der Waals surface area (Å²) in [6.45, 7) is 2.94. The van der Waals surface area contributed by atoms with E-state index < -0.39 is 0 Å². The molecule has 4 heteroatoms. The molecule has 0 radical (unpaired) electrons. The maximum Gasteiger partial charge on any atom is 0.0377 e. The van der Waals surface area contributed by atoms with Gasteiger partial charge in [-0.25, -0.2) is 0 Å². The van der Waals surface area contributed by atoms with Gasteiger partial charge in [-0.15, -0.1) is 0 Å². The van der Waals surface area contributed by atoms with Gasteiger partial charge in [-0.2, -0.15) is 11.8 Å². The number of hydrogen-bond acceptors (Lipinski definition) is 3. The molecule has 0 aliphatic carbocycles. The Morgan fingerprint density at radius 2 is 2.18 bits per heavy atom. The number of nitrogens with zero attached hydrogens (tertiary/aromatic N) is 1.